The van der Waals surface area contributed by atoms with Gasteiger partial charge in [-0.3, -0.25) is 4.90 Å². The molecule has 212 valence electrons. The van der Waals surface area contributed by atoms with E-state index in [2.05, 4.69) is 27.0 Å². The fourth-order valence-corrected chi connectivity index (χ4v) is 6.48. The molecule has 2 aromatic heterocycles. The van der Waals surface area contributed by atoms with Crippen LogP contribution in [0, 0.1) is 17.1 Å². The molecule has 2 aliphatic heterocycles. The Morgan fingerprint density at radius 1 is 1.15 bits per heavy atom. The van der Waals surface area contributed by atoms with Crippen LogP contribution in [-0.4, -0.2) is 84.8 Å². The van der Waals surface area contributed by atoms with Crippen LogP contribution >= 0.6 is 0 Å². The zero-order valence-corrected chi connectivity index (χ0v) is 23.6. The Labute approximate surface area is 233 Å². The van der Waals surface area contributed by atoms with Crippen molar-refractivity contribution >= 4 is 32.4 Å². The summed E-state index contributed by atoms with van der Waals surface area (Å²) in [7, 11) is -3.43. The molecule has 0 aliphatic carbocycles. The number of rotatable bonds is 6. The van der Waals surface area contributed by atoms with Gasteiger partial charge < -0.3 is 10.2 Å². The average Bonchev–Trinajstić information content (AvgIpc) is 2.93. The summed E-state index contributed by atoms with van der Waals surface area (Å²) in [6.45, 7) is 6.43. The van der Waals surface area contributed by atoms with Gasteiger partial charge in [0.15, 0.2) is 0 Å². The van der Waals surface area contributed by atoms with E-state index in [1.807, 2.05) is 31.2 Å². The molecular formula is C28H33F2N7O2S. The van der Waals surface area contributed by atoms with Crippen molar-refractivity contribution in [1.29, 1.82) is 5.26 Å². The number of sulfonamides is 1. The molecule has 0 saturated carbocycles. The Morgan fingerprint density at radius 3 is 2.62 bits per heavy atom. The number of nitriles is 1. The molecule has 2 saturated heterocycles. The van der Waals surface area contributed by atoms with Crippen LogP contribution in [0.5, 0.6) is 0 Å². The zero-order chi connectivity index (χ0) is 28.6. The summed E-state index contributed by atoms with van der Waals surface area (Å²) >= 11 is 0. The molecule has 1 N–H and O–H groups in total. The monoisotopic (exact) mass is 569 g/mol. The predicted octanol–water partition coefficient (Wildman–Crippen LogP) is 3.70. The van der Waals surface area contributed by atoms with Crippen LogP contribution in [0.25, 0.3) is 10.8 Å². The Balaban J connectivity index is 1.31. The lowest BCUT2D eigenvalue weighted by Gasteiger charge is -2.43. The minimum absolute atomic E-state index is 0.0184. The predicted molar refractivity (Wildman–Crippen MR) is 151 cm³/mol. The minimum Gasteiger partial charge on any atom is -0.364 e. The summed E-state index contributed by atoms with van der Waals surface area (Å²) in [4.78, 5) is 13.7. The van der Waals surface area contributed by atoms with Crippen LogP contribution in [0.1, 0.15) is 37.4 Å². The standard InChI is InChI=1S/C28H33F2N7O2S/c1-18-16-35(19(2)20-4-5-21(14-31)24(29)12-20)10-11-37(18)28-23-13-27(33-15-22(23)6-8-32-28)34-26-7-9-36(17-25(26)30)40(3,38)39/h4-6,8,12-13,15,18-19,25-26H,7,9-11,16-17H2,1-3H3,(H,33,34)/t18?,19-,25+,26+/m0/s1. The molecule has 0 amide bonds. The van der Waals surface area contributed by atoms with Crippen LogP contribution in [0.2, 0.25) is 0 Å². The van der Waals surface area contributed by atoms with E-state index in [4.69, 9.17) is 10.2 Å². The average molecular weight is 570 g/mol. The van der Waals surface area contributed by atoms with Gasteiger partial charge in [-0.1, -0.05) is 6.07 Å². The summed E-state index contributed by atoms with van der Waals surface area (Å²) in [6.07, 6.45) is 3.58. The summed E-state index contributed by atoms with van der Waals surface area (Å²) in [5.41, 5.74) is 0.872. The molecule has 0 bridgehead atoms. The Hall–Kier alpha value is -3.40. The number of hydrogen-bond acceptors (Lipinski definition) is 8. The van der Waals surface area contributed by atoms with E-state index in [9.17, 15) is 17.2 Å². The number of piperidine rings is 1. The molecule has 4 heterocycles. The first-order chi connectivity index (χ1) is 19.0. The third-order valence-electron chi connectivity index (χ3n) is 8.01. The fraction of sp³-hybridized carbons (Fsp3) is 0.464. The van der Waals surface area contributed by atoms with Crippen molar-refractivity contribution in [1.82, 2.24) is 19.2 Å². The van der Waals surface area contributed by atoms with Crippen LogP contribution < -0.4 is 10.2 Å². The maximum absolute atomic E-state index is 14.9. The highest BCUT2D eigenvalue weighted by atomic mass is 32.2. The molecule has 1 aromatic carbocycles. The quantitative estimate of drug-likeness (QED) is 0.479. The molecule has 40 heavy (non-hydrogen) atoms. The van der Waals surface area contributed by atoms with E-state index in [1.54, 1.807) is 12.4 Å². The highest BCUT2D eigenvalue weighted by Gasteiger charge is 2.34. The van der Waals surface area contributed by atoms with Gasteiger partial charge in [0, 0.05) is 68.0 Å². The van der Waals surface area contributed by atoms with Crippen molar-refractivity contribution in [2.45, 2.75) is 44.6 Å². The lowest BCUT2D eigenvalue weighted by atomic mass is 10.0. The van der Waals surface area contributed by atoms with Crippen LogP contribution in [0.15, 0.2) is 42.7 Å². The van der Waals surface area contributed by atoms with Crippen molar-refractivity contribution in [3.63, 3.8) is 0 Å². The van der Waals surface area contributed by atoms with Gasteiger partial charge in [0.1, 0.15) is 29.7 Å². The first kappa shape index (κ1) is 28.1. The fourth-order valence-electron chi connectivity index (χ4n) is 5.63. The minimum atomic E-state index is -3.43. The Bertz CT molecular complexity index is 1550. The topological polar surface area (TPSA) is 105 Å². The van der Waals surface area contributed by atoms with Gasteiger partial charge in [0.05, 0.1) is 17.9 Å². The first-order valence-electron chi connectivity index (χ1n) is 13.4. The summed E-state index contributed by atoms with van der Waals surface area (Å²) in [5, 5.41) is 14.0. The van der Waals surface area contributed by atoms with E-state index in [0.717, 1.165) is 41.5 Å². The first-order valence-corrected chi connectivity index (χ1v) is 15.2. The molecule has 4 atom stereocenters. The number of alkyl halides is 1. The third kappa shape index (κ3) is 5.73. The molecule has 3 aromatic rings. The number of benzene rings is 1. The van der Waals surface area contributed by atoms with Crippen molar-refractivity contribution in [2.75, 3.05) is 49.2 Å². The summed E-state index contributed by atoms with van der Waals surface area (Å²) < 4.78 is 53.9. The highest BCUT2D eigenvalue weighted by molar-refractivity contribution is 7.88. The number of nitrogens with zero attached hydrogens (tertiary/aromatic N) is 6. The van der Waals surface area contributed by atoms with Crippen LogP contribution in [0.4, 0.5) is 20.4 Å². The second kappa shape index (κ2) is 11.2. The van der Waals surface area contributed by atoms with E-state index < -0.39 is 28.1 Å². The number of pyridine rings is 2. The Morgan fingerprint density at radius 2 is 1.95 bits per heavy atom. The smallest absolute Gasteiger partial charge is 0.211 e. The molecule has 2 aliphatic rings. The lowest BCUT2D eigenvalue weighted by Crippen LogP contribution is -2.52. The van der Waals surface area contributed by atoms with Crippen molar-refractivity contribution < 1.29 is 17.2 Å². The molecule has 0 radical (unpaired) electrons. The van der Waals surface area contributed by atoms with Crippen molar-refractivity contribution in [2.24, 2.45) is 0 Å². The number of fused-ring (bicyclic) bond motifs is 1. The molecule has 2 fully saturated rings. The maximum Gasteiger partial charge on any atom is 0.211 e. The summed E-state index contributed by atoms with van der Waals surface area (Å²) in [5.74, 6) is 0.831. The van der Waals surface area contributed by atoms with Crippen molar-refractivity contribution in [3.8, 4) is 6.07 Å². The zero-order valence-electron chi connectivity index (χ0n) is 22.8. The SMILES string of the molecule is CC1CN([C@@H](C)c2ccc(C#N)c(F)c2)CCN1c1nccc2cnc(N[C@@H]3CCN(S(C)(=O)=O)C[C@H]3F)cc12. The second-order valence-electron chi connectivity index (χ2n) is 10.7. The van der Waals surface area contributed by atoms with Crippen LogP contribution in [-0.2, 0) is 10.0 Å². The van der Waals surface area contributed by atoms with Crippen LogP contribution in [0.3, 0.4) is 0 Å². The van der Waals surface area contributed by atoms with Gasteiger partial charge in [-0.15, -0.1) is 0 Å². The van der Waals surface area contributed by atoms with Gasteiger partial charge in [-0.25, -0.2) is 27.2 Å². The van der Waals surface area contributed by atoms with Gasteiger partial charge in [-0.2, -0.15) is 9.57 Å². The Kier molecular flexibility index (Phi) is 7.90. The molecule has 5 rings (SSSR count). The van der Waals surface area contributed by atoms with Gasteiger partial charge in [-0.05, 0) is 50.1 Å². The number of anilines is 2. The normalized spacial score (nSPS) is 23.6. The number of hydrogen-bond donors (Lipinski definition) is 1. The summed E-state index contributed by atoms with van der Waals surface area (Å²) in [6, 6.07) is 9.97. The molecule has 1 unspecified atom stereocenters. The second-order valence-corrected chi connectivity index (χ2v) is 12.6. The number of nitrogens with one attached hydrogen (secondary N) is 1. The largest absolute Gasteiger partial charge is 0.364 e. The number of aromatic nitrogens is 2. The van der Waals surface area contributed by atoms with Crippen molar-refractivity contribution in [3.05, 3.63) is 59.7 Å². The van der Waals surface area contributed by atoms with Gasteiger partial charge >= 0.3 is 0 Å². The molecule has 0 spiro atoms. The van der Waals surface area contributed by atoms with Gasteiger partial charge in [0.2, 0.25) is 10.0 Å². The van der Waals surface area contributed by atoms with E-state index in [1.165, 1.54) is 16.4 Å². The molecule has 12 heteroatoms. The van der Waals surface area contributed by atoms with E-state index in [0.29, 0.717) is 18.8 Å². The highest BCUT2D eigenvalue weighted by Crippen LogP contribution is 2.32. The number of halogens is 2. The third-order valence-corrected chi connectivity index (χ3v) is 9.28. The molecule has 9 nitrogen and oxygen atoms in total. The number of piperazine rings is 1. The van der Waals surface area contributed by atoms with E-state index in [-0.39, 0.29) is 30.7 Å². The lowest BCUT2D eigenvalue weighted by molar-refractivity contribution is 0.175. The van der Waals surface area contributed by atoms with E-state index >= 15 is 0 Å². The maximum atomic E-state index is 14.9. The molecular weight excluding hydrogens is 536 g/mol. The van der Waals surface area contributed by atoms with Gasteiger partial charge in [0.25, 0.3) is 0 Å².